The second-order valence-corrected chi connectivity index (χ2v) is 5.24. The lowest BCUT2D eigenvalue weighted by molar-refractivity contribution is -0.385. The molecule has 0 fully saturated rings. The lowest BCUT2D eigenvalue weighted by Crippen LogP contribution is -2.19. The summed E-state index contributed by atoms with van der Waals surface area (Å²) in [5.41, 5.74) is 0.678. The monoisotopic (exact) mass is 340 g/mol. The van der Waals surface area contributed by atoms with Crippen LogP contribution in [-0.2, 0) is 7.05 Å². The Morgan fingerprint density at radius 1 is 1.24 bits per heavy atom. The van der Waals surface area contributed by atoms with E-state index in [1.807, 2.05) is 42.1 Å². The Hall–Kier alpha value is -3.49. The van der Waals surface area contributed by atoms with Crippen LogP contribution in [0.2, 0.25) is 0 Å². The molecule has 2 heterocycles. The average molecular weight is 340 g/mol. The summed E-state index contributed by atoms with van der Waals surface area (Å²) < 4.78 is 7.32. The second-order valence-electron chi connectivity index (χ2n) is 5.24. The minimum absolute atomic E-state index is 0.170. The molecule has 1 N–H and O–H groups in total. The maximum atomic E-state index is 10.7. The smallest absolute Gasteiger partial charge is 0.305 e. The number of nitro groups is 1. The topological polar surface area (TPSA) is 108 Å². The first-order valence-electron chi connectivity index (χ1n) is 7.43. The van der Waals surface area contributed by atoms with E-state index in [-0.39, 0.29) is 11.6 Å². The third-order valence-corrected chi connectivity index (χ3v) is 3.69. The van der Waals surface area contributed by atoms with E-state index in [2.05, 4.69) is 20.3 Å². The molecule has 0 aliphatic carbocycles. The zero-order valence-corrected chi connectivity index (χ0v) is 13.7. The van der Waals surface area contributed by atoms with Crippen molar-refractivity contribution in [3.05, 3.63) is 70.6 Å². The molecule has 25 heavy (non-hydrogen) atoms. The van der Waals surface area contributed by atoms with Gasteiger partial charge in [0.1, 0.15) is 30.0 Å². The average Bonchev–Trinajstić information content (AvgIpc) is 3.06. The molecule has 1 aromatic carbocycles. The number of para-hydroxylation sites is 1. The van der Waals surface area contributed by atoms with Crippen molar-refractivity contribution in [2.75, 3.05) is 12.4 Å². The normalized spacial score (nSPS) is 11.8. The highest BCUT2D eigenvalue weighted by atomic mass is 16.6. The Bertz CT molecular complexity index is 878. The summed E-state index contributed by atoms with van der Waals surface area (Å²) in [5, 5.41) is 13.9. The Morgan fingerprint density at radius 2 is 1.96 bits per heavy atom. The van der Waals surface area contributed by atoms with Crippen molar-refractivity contribution in [3.8, 4) is 5.75 Å². The van der Waals surface area contributed by atoms with Crippen molar-refractivity contribution in [3.63, 3.8) is 0 Å². The van der Waals surface area contributed by atoms with Crippen LogP contribution in [0.3, 0.4) is 0 Å². The Morgan fingerprint density at radius 3 is 2.56 bits per heavy atom. The lowest BCUT2D eigenvalue weighted by Gasteiger charge is -2.21. The van der Waals surface area contributed by atoms with Gasteiger partial charge in [0.15, 0.2) is 0 Å². The molecule has 2 aromatic heterocycles. The zero-order valence-electron chi connectivity index (χ0n) is 13.7. The van der Waals surface area contributed by atoms with Crippen LogP contribution in [-0.4, -0.2) is 31.6 Å². The van der Waals surface area contributed by atoms with Crippen LogP contribution in [0, 0.1) is 10.1 Å². The van der Waals surface area contributed by atoms with E-state index in [1.54, 1.807) is 13.3 Å². The SMILES string of the molecule is COc1ccccc1C(Nc1ncc([N+](=O)[O-])cn1)c1nccn1C. The molecule has 0 aliphatic heterocycles. The van der Waals surface area contributed by atoms with Gasteiger partial charge in [-0.15, -0.1) is 0 Å². The number of nitrogens with one attached hydrogen (secondary N) is 1. The predicted octanol–water partition coefficient (Wildman–Crippen LogP) is 2.33. The molecule has 0 bridgehead atoms. The molecule has 0 spiro atoms. The molecule has 128 valence electrons. The summed E-state index contributed by atoms with van der Waals surface area (Å²) >= 11 is 0. The summed E-state index contributed by atoms with van der Waals surface area (Å²) in [6.07, 6.45) is 5.84. The van der Waals surface area contributed by atoms with Crippen LogP contribution in [0.25, 0.3) is 0 Å². The minimum Gasteiger partial charge on any atom is -0.496 e. The third kappa shape index (κ3) is 3.39. The molecule has 0 radical (unpaired) electrons. The third-order valence-electron chi connectivity index (χ3n) is 3.69. The molecular weight excluding hydrogens is 324 g/mol. The highest BCUT2D eigenvalue weighted by Gasteiger charge is 2.23. The zero-order chi connectivity index (χ0) is 17.8. The predicted molar refractivity (Wildman–Crippen MR) is 90.4 cm³/mol. The molecule has 3 rings (SSSR count). The minimum atomic E-state index is -0.541. The number of methoxy groups -OCH3 is 1. The summed E-state index contributed by atoms with van der Waals surface area (Å²) in [5.74, 6) is 1.67. The first-order valence-corrected chi connectivity index (χ1v) is 7.43. The highest BCUT2D eigenvalue weighted by Crippen LogP contribution is 2.31. The molecule has 1 atom stereocenters. The van der Waals surface area contributed by atoms with E-state index in [0.717, 1.165) is 23.8 Å². The van der Waals surface area contributed by atoms with E-state index < -0.39 is 11.0 Å². The fourth-order valence-corrected chi connectivity index (χ4v) is 2.46. The number of hydrogen-bond acceptors (Lipinski definition) is 7. The fourth-order valence-electron chi connectivity index (χ4n) is 2.46. The van der Waals surface area contributed by atoms with Crippen LogP contribution in [0.5, 0.6) is 5.75 Å². The highest BCUT2D eigenvalue weighted by molar-refractivity contribution is 5.45. The number of nitrogens with zero attached hydrogens (tertiary/aromatic N) is 5. The van der Waals surface area contributed by atoms with E-state index in [4.69, 9.17) is 4.74 Å². The summed E-state index contributed by atoms with van der Waals surface area (Å²) in [4.78, 5) is 22.6. The summed E-state index contributed by atoms with van der Waals surface area (Å²) in [7, 11) is 3.47. The van der Waals surface area contributed by atoms with Crippen LogP contribution >= 0.6 is 0 Å². The maximum Gasteiger partial charge on any atom is 0.305 e. The number of rotatable bonds is 6. The first-order chi connectivity index (χ1) is 12.1. The van der Waals surface area contributed by atoms with Gasteiger partial charge in [0.25, 0.3) is 0 Å². The molecule has 0 saturated heterocycles. The van der Waals surface area contributed by atoms with Crippen molar-refractivity contribution in [2.45, 2.75) is 6.04 Å². The Kier molecular flexibility index (Phi) is 4.55. The van der Waals surface area contributed by atoms with E-state index in [1.165, 1.54) is 0 Å². The van der Waals surface area contributed by atoms with Gasteiger partial charge in [-0.25, -0.2) is 15.0 Å². The van der Waals surface area contributed by atoms with Crippen molar-refractivity contribution in [2.24, 2.45) is 7.05 Å². The first kappa shape index (κ1) is 16.4. The number of ether oxygens (including phenoxy) is 1. The van der Waals surface area contributed by atoms with E-state index in [9.17, 15) is 10.1 Å². The van der Waals surface area contributed by atoms with Crippen molar-refractivity contribution in [1.29, 1.82) is 0 Å². The number of imidazole rings is 1. The van der Waals surface area contributed by atoms with Gasteiger partial charge in [-0.3, -0.25) is 10.1 Å². The van der Waals surface area contributed by atoms with Crippen molar-refractivity contribution >= 4 is 11.6 Å². The van der Waals surface area contributed by atoms with E-state index >= 15 is 0 Å². The number of hydrogen-bond donors (Lipinski definition) is 1. The van der Waals surface area contributed by atoms with Crippen LogP contribution in [0.4, 0.5) is 11.6 Å². The largest absolute Gasteiger partial charge is 0.496 e. The Labute approximate surface area is 143 Å². The molecule has 0 aliphatic rings. The quantitative estimate of drug-likeness (QED) is 0.542. The van der Waals surface area contributed by atoms with Gasteiger partial charge in [0.05, 0.1) is 12.0 Å². The van der Waals surface area contributed by atoms with Crippen LogP contribution < -0.4 is 10.1 Å². The summed E-state index contributed by atoms with van der Waals surface area (Å²) in [6, 6.07) is 7.14. The lowest BCUT2D eigenvalue weighted by atomic mass is 10.0. The number of anilines is 1. The molecule has 3 aromatic rings. The van der Waals surface area contributed by atoms with Crippen molar-refractivity contribution in [1.82, 2.24) is 19.5 Å². The van der Waals surface area contributed by atoms with Gasteiger partial charge in [-0.1, -0.05) is 18.2 Å². The standard InChI is InChI=1S/C16H16N6O3/c1-21-8-7-17-15(21)14(12-5-3-4-6-13(12)25-2)20-16-18-9-11(10-19-16)22(23)24/h3-10,14H,1-2H3,(H,18,19,20). The van der Waals surface area contributed by atoms with Gasteiger partial charge in [0.2, 0.25) is 5.95 Å². The molecule has 0 saturated carbocycles. The summed E-state index contributed by atoms with van der Waals surface area (Å²) in [6.45, 7) is 0. The maximum absolute atomic E-state index is 10.7. The van der Waals surface area contributed by atoms with Gasteiger partial charge >= 0.3 is 5.69 Å². The van der Waals surface area contributed by atoms with Crippen LogP contribution in [0.15, 0.2) is 49.1 Å². The van der Waals surface area contributed by atoms with E-state index in [0.29, 0.717) is 5.75 Å². The molecular formula is C16H16N6O3. The molecule has 0 amide bonds. The molecule has 9 nitrogen and oxygen atoms in total. The second kappa shape index (κ2) is 6.95. The van der Waals surface area contributed by atoms with Gasteiger partial charge in [0, 0.05) is 25.0 Å². The fraction of sp³-hybridized carbons (Fsp3) is 0.188. The number of aryl methyl sites for hydroxylation is 1. The van der Waals surface area contributed by atoms with Crippen LogP contribution in [0.1, 0.15) is 17.4 Å². The van der Waals surface area contributed by atoms with Gasteiger partial charge in [-0.05, 0) is 6.07 Å². The number of aromatic nitrogens is 4. The van der Waals surface area contributed by atoms with Gasteiger partial charge in [-0.2, -0.15) is 0 Å². The number of benzene rings is 1. The van der Waals surface area contributed by atoms with Crippen molar-refractivity contribution < 1.29 is 9.66 Å². The molecule has 1 unspecified atom stereocenters. The Balaban J connectivity index is 2.00. The molecule has 9 heteroatoms. The van der Waals surface area contributed by atoms with Gasteiger partial charge < -0.3 is 14.6 Å².